The Balaban J connectivity index is 2.36. The van der Waals surface area contributed by atoms with Crippen LogP contribution in [0.2, 0.25) is 5.02 Å². The summed E-state index contributed by atoms with van der Waals surface area (Å²) in [6, 6.07) is -0.0142. The largest absolute Gasteiger partial charge is 0.336 e. The van der Waals surface area contributed by atoms with Gasteiger partial charge in [-0.3, -0.25) is 4.68 Å². The number of nitrogens with zero attached hydrogens (tertiary/aromatic N) is 5. The van der Waals surface area contributed by atoms with Gasteiger partial charge in [0.2, 0.25) is 0 Å². The fourth-order valence-electron chi connectivity index (χ4n) is 2.32. The Morgan fingerprint density at radius 3 is 2.71 bits per heavy atom. The van der Waals surface area contributed by atoms with Crippen molar-refractivity contribution in [1.82, 2.24) is 29.5 Å². The molecule has 0 saturated heterocycles. The highest BCUT2D eigenvalue weighted by molar-refractivity contribution is 6.31. The summed E-state index contributed by atoms with van der Waals surface area (Å²) < 4.78 is 3.98. The van der Waals surface area contributed by atoms with Crippen molar-refractivity contribution in [3.63, 3.8) is 0 Å². The second-order valence-corrected chi connectivity index (χ2v) is 5.73. The number of aromatic nitrogens is 4. The van der Waals surface area contributed by atoms with E-state index in [1.165, 1.54) is 0 Å². The molecule has 0 aromatic carbocycles. The first-order valence-corrected chi connectivity index (χ1v) is 7.48. The lowest BCUT2D eigenvalue weighted by molar-refractivity contribution is 0.365. The van der Waals surface area contributed by atoms with E-state index < -0.39 is 0 Å². The summed E-state index contributed by atoms with van der Waals surface area (Å²) in [6.07, 6.45) is 5.38. The molecule has 6 nitrogen and oxygen atoms in total. The highest BCUT2D eigenvalue weighted by Crippen LogP contribution is 2.28. The minimum atomic E-state index is -0.0142. The quantitative estimate of drug-likeness (QED) is 0.842. The number of aryl methyl sites for hydroxylation is 1. The van der Waals surface area contributed by atoms with Crippen LogP contribution in [0.3, 0.4) is 0 Å². The van der Waals surface area contributed by atoms with Gasteiger partial charge in [0.25, 0.3) is 0 Å². The van der Waals surface area contributed by atoms with Gasteiger partial charge in [-0.05, 0) is 20.6 Å². The van der Waals surface area contributed by atoms with E-state index in [2.05, 4.69) is 27.2 Å². The Hall–Kier alpha value is -1.37. The Morgan fingerprint density at radius 1 is 1.38 bits per heavy atom. The average Bonchev–Trinajstić information content (AvgIpc) is 3.00. The molecule has 116 valence electrons. The van der Waals surface area contributed by atoms with Crippen LogP contribution in [-0.4, -0.2) is 51.4 Å². The van der Waals surface area contributed by atoms with E-state index >= 15 is 0 Å². The maximum absolute atomic E-state index is 6.39. The summed E-state index contributed by atoms with van der Waals surface area (Å²) in [6.45, 7) is 4.63. The standard InChI is InChI=1S/C14H23ClN6/c1-5-17-13(12-9-16-10-20(12)4)14-11(15)8-18-21(14)7-6-19(2)3/h8-10,13,17H,5-7H2,1-4H3. The van der Waals surface area contributed by atoms with Crippen molar-refractivity contribution in [3.8, 4) is 0 Å². The van der Waals surface area contributed by atoms with Gasteiger partial charge in [-0.1, -0.05) is 18.5 Å². The summed E-state index contributed by atoms with van der Waals surface area (Å²) in [5, 5.41) is 8.58. The molecule has 0 spiro atoms. The van der Waals surface area contributed by atoms with Gasteiger partial charge in [0.15, 0.2) is 0 Å². The summed E-state index contributed by atoms with van der Waals surface area (Å²) in [7, 11) is 6.09. The third-order valence-corrected chi connectivity index (χ3v) is 3.71. The van der Waals surface area contributed by atoms with Crippen molar-refractivity contribution in [1.29, 1.82) is 0 Å². The van der Waals surface area contributed by atoms with Crippen LogP contribution in [0, 0.1) is 0 Å². The third kappa shape index (κ3) is 3.64. The van der Waals surface area contributed by atoms with Gasteiger partial charge >= 0.3 is 0 Å². The predicted octanol–water partition coefficient (Wildman–Crippen LogP) is 1.53. The molecule has 0 saturated carbocycles. The molecular weight excluding hydrogens is 288 g/mol. The summed E-state index contributed by atoms with van der Waals surface area (Å²) in [5.41, 5.74) is 2.06. The van der Waals surface area contributed by atoms with Gasteiger partial charge in [-0.15, -0.1) is 0 Å². The van der Waals surface area contributed by atoms with Crippen molar-refractivity contribution in [2.75, 3.05) is 27.2 Å². The highest BCUT2D eigenvalue weighted by atomic mass is 35.5. The van der Waals surface area contributed by atoms with E-state index in [1.807, 2.05) is 36.6 Å². The van der Waals surface area contributed by atoms with Crippen LogP contribution in [0.25, 0.3) is 0 Å². The molecule has 0 fully saturated rings. The highest BCUT2D eigenvalue weighted by Gasteiger charge is 2.23. The second-order valence-electron chi connectivity index (χ2n) is 5.32. The Morgan fingerprint density at radius 2 is 2.14 bits per heavy atom. The zero-order valence-corrected chi connectivity index (χ0v) is 13.8. The minimum Gasteiger partial charge on any atom is -0.336 e. The molecule has 0 radical (unpaired) electrons. The van der Waals surface area contributed by atoms with Crippen molar-refractivity contribution < 1.29 is 0 Å². The zero-order valence-electron chi connectivity index (χ0n) is 13.0. The molecule has 0 aliphatic carbocycles. The summed E-state index contributed by atoms with van der Waals surface area (Å²) in [4.78, 5) is 6.34. The summed E-state index contributed by atoms with van der Waals surface area (Å²) in [5.74, 6) is 0. The molecule has 2 rings (SSSR count). The SMILES string of the molecule is CCNC(c1cncn1C)c1c(Cl)cnn1CCN(C)C. The fourth-order valence-corrected chi connectivity index (χ4v) is 2.57. The molecule has 0 aliphatic heterocycles. The first kappa shape index (κ1) is 16.0. The molecular formula is C14H23ClN6. The number of rotatable bonds is 7. The Kier molecular flexibility index (Phi) is 5.39. The molecule has 0 bridgehead atoms. The van der Waals surface area contributed by atoms with E-state index in [-0.39, 0.29) is 6.04 Å². The Bertz CT molecular complexity index is 574. The molecule has 21 heavy (non-hydrogen) atoms. The molecule has 7 heteroatoms. The number of halogens is 1. The molecule has 0 amide bonds. The Labute approximate surface area is 130 Å². The van der Waals surface area contributed by atoms with Crippen molar-refractivity contribution in [3.05, 3.63) is 35.1 Å². The fraction of sp³-hybridized carbons (Fsp3) is 0.571. The molecule has 2 heterocycles. The number of hydrogen-bond acceptors (Lipinski definition) is 4. The van der Waals surface area contributed by atoms with E-state index in [9.17, 15) is 0 Å². The van der Waals surface area contributed by atoms with Gasteiger partial charge in [-0.2, -0.15) is 5.10 Å². The molecule has 1 unspecified atom stereocenters. The first-order valence-electron chi connectivity index (χ1n) is 7.10. The van der Waals surface area contributed by atoms with Gasteiger partial charge < -0.3 is 14.8 Å². The van der Waals surface area contributed by atoms with Crippen LogP contribution in [0.4, 0.5) is 0 Å². The van der Waals surface area contributed by atoms with E-state index in [1.54, 1.807) is 12.5 Å². The maximum atomic E-state index is 6.39. The normalized spacial score (nSPS) is 13.0. The first-order chi connectivity index (χ1) is 10.0. The van der Waals surface area contributed by atoms with E-state index in [0.717, 1.165) is 31.0 Å². The van der Waals surface area contributed by atoms with Crippen LogP contribution in [0.15, 0.2) is 18.7 Å². The van der Waals surface area contributed by atoms with Gasteiger partial charge in [0, 0.05) is 13.6 Å². The van der Waals surface area contributed by atoms with Crippen molar-refractivity contribution >= 4 is 11.6 Å². The lowest BCUT2D eigenvalue weighted by Gasteiger charge is -2.21. The zero-order chi connectivity index (χ0) is 15.4. The number of likely N-dealkylation sites (N-methyl/N-ethyl adjacent to an activating group) is 1. The van der Waals surface area contributed by atoms with Crippen LogP contribution < -0.4 is 5.32 Å². The molecule has 1 atom stereocenters. The average molecular weight is 311 g/mol. The molecule has 1 N–H and O–H groups in total. The molecule has 2 aromatic rings. The predicted molar refractivity (Wildman–Crippen MR) is 84.5 cm³/mol. The van der Waals surface area contributed by atoms with Crippen LogP contribution in [0.5, 0.6) is 0 Å². The van der Waals surface area contributed by atoms with Crippen molar-refractivity contribution in [2.45, 2.75) is 19.5 Å². The smallest absolute Gasteiger partial charge is 0.0946 e. The van der Waals surface area contributed by atoms with Crippen LogP contribution in [-0.2, 0) is 13.6 Å². The second kappa shape index (κ2) is 7.06. The number of imidazole rings is 1. The van der Waals surface area contributed by atoms with E-state index in [4.69, 9.17) is 11.6 Å². The third-order valence-electron chi connectivity index (χ3n) is 3.42. The van der Waals surface area contributed by atoms with Crippen LogP contribution in [0.1, 0.15) is 24.4 Å². The van der Waals surface area contributed by atoms with Crippen molar-refractivity contribution in [2.24, 2.45) is 7.05 Å². The number of nitrogens with one attached hydrogen (secondary N) is 1. The maximum Gasteiger partial charge on any atom is 0.0946 e. The van der Waals surface area contributed by atoms with Gasteiger partial charge in [0.1, 0.15) is 0 Å². The van der Waals surface area contributed by atoms with Crippen LogP contribution >= 0.6 is 11.6 Å². The summed E-state index contributed by atoms with van der Waals surface area (Å²) >= 11 is 6.39. The van der Waals surface area contributed by atoms with Gasteiger partial charge in [0.05, 0.1) is 47.7 Å². The minimum absolute atomic E-state index is 0.0142. The van der Waals surface area contributed by atoms with E-state index in [0.29, 0.717) is 5.02 Å². The lowest BCUT2D eigenvalue weighted by atomic mass is 10.1. The molecule has 2 aromatic heterocycles. The topological polar surface area (TPSA) is 50.9 Å². The number of hydrogen-bond donors (Lipinski definition) is 1. The molecule has 0 aliphatic rings. The van der Waals surface area contributed by atoms with Gasteiger partial charge in [-0.25, -0.2) is 4.98 Å². The lowest BCUT2D eigenvalue weighted by Crippen LogP contribution is -2.28. The monoisotopic (exact) mass is 310 g/mol.